The topological polar surface area (TPSA) is 27.0 Å². The van der Waals surface area contributed by atoms with Gasteiger partial charge in [-0.15, -0.1) is 0 Å². The van der Waals surface area contributed by atoms with Crippen LogP contribution in [0.25, 0.3) is 0 Å². The van der Waals surface area contributed by atoms with Crippen LogP contribution in [0.3, 0.4) is 0 Å². The van der Waals surface area contributed by atoms with Gasteiger partial charge in [-0.1, -0.05) is 24.3 Å². The zero-order valence-corrected chi connectivity index (χ0v) is 11.3. The Hall–Kier alpha value is -2.34. The lowest BCUT2D eigenvalue weighted by atomic mass is 10.1. The predicted octanol–water partition coefficient (Wildman–Crippen LogP) is 3.65. The Kier molecular flexibility index (Phi) is 3.15. The van der Waals surface area contributed by atoms with Crippen molar-refractivity contribution in [3.63, 3.8) is 0 Å². The predicted molar refractivity (Wildman–Crippen MR) is 76.9 cm³/mol. The number of anilines is 1. The summed E-state index contributed by atoms with van der Waals surface area (Å²) in [6, 6.07) is 15.4. The number of halogens is 1. The molecule has 1 heterocycles. The van der Waals surface area contributed by atoms with E-state index in [-0.39, 0.29) is 5.56 Å². The molecule has 2 nitrogen and oxygen atoms in total. The second kappa shape index (κ2) is 4.97. The molecule has 20 heavy (non-hydrogen) atoms. The quantitative estimate of drug-likeness (QED) is 0.829. The van der Waals surface area contributed by atoms with E-state index < -0.39 is 5.82 Å². The van der Waals surface area contributed by atoms with Crippen molar-refractivity contribution in [2.24, 2.45) is 0 Å². The van der Waals surface area contributed by atoms with Crippen LogP contribution in [0.1, 0.15) is 23.6 Å². The monoisotopic (exact) mass is 266 g/mol. The van der Waals surface area contributed by atoms with Gasteiger partial charge in [0, 0.05) is 18.3 Å². The molecule has 0 amide bonds. The number of hydrogen-bond donors (Lipinski definition) is 0. The number of fused-ring (bicyclic) bond motifs is 1. The Labute approximate surface area is 118 Å². The summed E-state index contributed by atoms with van der Waals surface area (Å²) >= 11 is 0. The molecule has 3 heteroatoms. The molecule has 3 rings (SSSR count). The van der Waals surface area contributed by atoms with Gasteiger partial charge < -0.3 is 4.90 Å². The maximum absolute atomic E-state index is 13.4. The lowest BCUT2D eigenvalue weighted by Gasteiger charge is -2.25. The second-order valence-electron chi connectivity index (χ2n) is 5.24. The van der Waals surface area contributed by atoms with Crippen molar-refractivity contribution < 1.29 is 4.39 Å². The van der Waals surface area contributed by atoms with Crippen LogP contribution in [-0.4, -0.2) is 6.04 Å². The van der Waals surface area contributed by atoms with Crippen molar-refractivity contribution in [3.8, 4) is 6.07 Å². The highest BCUT2D eigenvalue weighted by atomic mass is 19.1. The number of benzene rings is 2. The van der Waals surface area contributed by atoms with Gasteiger partial charge in [0.1, 0.15) is 11.9 Å². The molecule has 0 aliphatic carbocycles. The first-order chi connectivity index (χ1) is 9.69. The number of nitriles is 1. The van der Waals surface area contributed by atoms with Crippen LogP contribution in [0.15, 0.2) is 42.5 Å². The van der Waals surface area contributed by atoms with Gasteiger partial charge in [-0.3, -0.25) is 0 Å². The molecule has 2 aromatic rings. The molecule has 1 aliphatic heterocycles. The highest BCUT2D eigenvalue weighted by molar-refractivity contribution is 5.59. The van der Waals surface area contributed by atoms with Gasteiger partial charge in [-0.25, -0.2) is 4.39 Å². The molecule has 0 saturated heterocycles. The van der Waals surface area contributed by atoms with Crippen LogP contribution in [0, 0.1) is 17.1 Å². The Morgan fingerprint density at radius 3 is 2.90 bits per heavy atom. The lowest BCUT2D eigenvalue weighted by molar-refractivity contribution is 0.621. The molecular weight excluding hydrogens is 251 g/mol. The molecule has 0 bridgehead atoms. The summed E-state index contributed by atoms with van der Waals surface area (Å²) in [7, 11) is 0. The fraction of sp³-hybridized carbons (Fsp3) is 0.235. The standard InChI is InChI=1S/C17H15FN2/c1-12-8-14-4-2-3-5-17(14)20(12)11-13-6-7-16(18)15(9-13)10-19/h2-7,9,12H,8,11H2,1H3. The molecular formula is C17H15FN2. The van der Waals surface area contributed by atoms with Gasteiger partial charge in [-0.05, 0) is 42.7 Å². The average molecular weight is 266 g/mol. The fourth-order valence-corrected chi connectivity index (χ4v) is 2.82. The van der Waals surface area contributed by atoms with E-state index in [4.69, 9.17) is 5.26 Å². The molecule has 0 radical (unpaired) electrons. The summed E-state index contributed by atoms with van der Waals surface area (Å²) in [6.45, 7) is 2.89. The van der Waals surface area contributed by atoms with Gasteiger partial charge in [-0.2, -0.15) is 5.26 Å². The van der Waals surface area contributed by atoms with Crippen molar-refractivity contribution in [2.45, 2.75) is 25.9 Å². The number of para-hydroxylation sites is 1. The fourth-order valence-electron chi connectivity index (χ4n) is 2.82. The first-order valence-electron chi connectivity index (χ1n) is 6.72. The first-order valence-corrected chi connectivity index (χ1v) is 6.72. The summed E-state index contributed by atoms with van der Waals surface area (Å²) in [5.41, 5.74) is 3.67. The smallest absolute Gasteiger partial charge is 0.140 e. The highest BCUT2D eigenvalue weighted by Gasteiger charge is 2.25. The van der Waals surface area contributed by atoms with E-state index >= 15 is 0 Å². The minimum atomic E-state index is -0.453. The zero-order valence-electron chi connectivity index (χ0n) is 11.3. The van der Waals surface area contributed by atoms with Crippen molar-refractivity contribution in [3.05, 3.63) is 65.0 Å². The minimum Gasteiger partial charge on any atom is -0.364 e. The van der Waals surface area contributed by atoms with E-state index in [1.165, 1.54) is 17.3 Å². The third kappa shape index (κ3) is 2.14. The van der Waals surface area contributed by atoms with E-state index in [0.29, 0.717) is 12.6 Å². The molecule has 1 atom stereocenters. The molecule has 0 aromatic heterocycles. The Morgan fingerprint density at radius 1 is 1.30 bits per heavy atom. The summed E-state index contributed by atoms with van der Waals surface area (Å²) in [5, 5.41) is 8.91. The molecule has 0 saturated carbocycles. The molecule has 1 unspecified atom stereocenters. The second-order valence-corrected chi connectivity index (χ2v) is 5.24. The summed E-state index contributed by atoms with van der Waals surface area (Å²) in [6.07, 6.45) is 1.03. The maximum atomic E-state index is 13.4. The van der Waals surface area contributed by atoms with Crippen LogP contribution >= 0.6 is 0 Å². The van der Waals surface area contributed by atoms with Crippen molar-refractivity contribution >= 4 is 5.69 Å². The maximum Gasteiger partial charge on any atom is 0.140 e. The highest BCUT2D eigenvalue weighted by Crippen LogP contribution is 2.33. The molecule has 2 aromatic carbocycles. The lowest BCUT2D eigenvalue weighted by Crippen LogP contribution is -2.28. The molecule has 0 N–H and O–H groups in total. The van der Waals surface area contributed by atoms with Crippen LogP contribution in [-0.2, 0) is 13.0 Å². The van der Waals surface area contributed by atoms with Crippen molar-refractivity contribution in [1.29, 1.82) is 5.26 Å². The van der Waals surface area contributed by atoms with E-state index in [2.05, 4.69) is 30.0 Å². The van der Waals surface area contributed by atoms with Gasteiger partial charge in [0.2, 0.25) is 0 Å². The van der Waals surface area contributed by atoms with Gasteiger partial charge in [0.05, 0.1) is 5.56 Å². The van der Waals surface area contributed by atoms with Crippen LogP contribution in [0.5, 0.6) is 0 Å². The average Bonchev–Trinajstić information content (AvgIpc) is 2.77. The largest absolute Gasteiger partial charge is 0.364 e. The zero-order chi connectivity index (χ0) is 14.1. The summed E-state index contributed by atoms with van der Waals surface area (Å²) in [5.74, 6) is -0.453. The number of nitrogens with zero attached hydrogens (tertiary/aromatic N) is 2. The normalized spacial score (nSPS) is 16.9. The third-order valence-electron chi connectivity index (χ3n) is 3.85. The first kappa shape index (κ1) is 12.7. The van der Waals surface area contributed by atoms with E-state index in [9.17, 15) is 4.39 Å². The third-order valence-corrected chi connectivity index (χ3v) is 3.85. The number of rotatable bonds is 2. The molecule has 100 valence electrons. The molecule has 1 aliphatic rings. The van der Waals surface area contributed by atoms with Crippen LogP contribution in [0.4, 0.5) is 10.1 Å². The van der Waals surface area contributed by atoms with Crippen molar-refractivity contribution in [2.75, 3.05) is 4.90 Å². The van der Waals surface area contributed by atoms with Crippen molar-refractivity contribution in [1.82, 2.24) is 0 Å². The van der Waals surface area contributed by atoms with Crippen LogP contribution < -0.4 is 4.90 Å². The van der Waals surface area contributed by atoms with Gasteiger partial charge in [0.15, 0.2) is 0 Å². The molecule has 0 fully saturated rings. The Balaban J connectivity index is 1.90. The number of hydrogen-bond acceptors (Lipinski definition) is 2. The van der Waals surface area contributed by atoms with Gasteiger partial charge >= 0.3 is 0 Å². The van der Waals surface area contributed by atoms with E-state index in [1.807, 2.05) is 12.1 Å². The summed E-state index contributed by atoms with van der Waals surface area (Å²) in [4.78, 5) is 2.31. The van der Waals surface area contributed by atoms with Crippen LogP contribution in [0.2, 0.25) is 0 Å². The van der Waals surface area contributed by atoms with E-state index in [1.54, 1.807) is 12.1 Å². The SMILES string of the molecule is CC1Cc2ccccc2N1Cc1ccc(F)c(C#N)c1. The Bertz CT molecular complexity index is 688. The van der Waals surface area contributed by atoms with Gasteiger partial charge in [0.25, 0.3) is 0 Å². The molecule has 0 spiro atoms. The Morgan fingerprint density at radius 2 is 2.10 bits per heavy atom. The summed E-state index contributed by atoms with van der Waals surface area (Å²) < 4.78 is 13.4. The minimum absolute atomic E-state index is 0.114. The van der Waals surface area contributed by atoms with E-state index in [0.717, 1.165) is 12.0 Å².